The van der Waals surface area contributed by atoms with E-state index in [1.165, 1.54) is 18.3 Å². The van der Waals surface area contributed by atoms with Crippen molar-refractivity contribution >= 4 is 35.4 Å². The molecule has 3 N–H and O–H groups in total. The molecule has 2 aromatic carbocycles. The fourth-order valence-corrected chi connectivity index (χ4v) is 2.21. The zero-order valence-corrected chi connectivity index (χ0v) is 12.1. The molecule has 5 nitrogen and oxygen atoms in total. The summed E-state index contributed by atoms with van der Waals surface area (Å²) < 4.78 is 13.5. The summed E-state index contributed by atoms with van der Waals surface area (Å²) in [7, 11) is 0. The molecule has 7 heteroatoms. The lowest BCUT2D eigenvalue weighted by Gasteiger charge is -2.00. The maximum absolute atomic E-state index is 13.0. The van der Waals surface area contributed by atoms with Gasteiger partial charge in [-0.1, -0.05) is 12.1 Å². The van der Waals surface area contributed by atoms with E-state index in [1.54, 1.807) is 30.3 Å². The van der Waals surface area contributed by atoms with E-state index in [2.05, 4.69) is 20.5 Å². The molecule has 1 amide bonds. The highest BCUT2D eigenvalue weighted by Crippen LogP contribution is 2.12. The lowest BCUT2D eigenvalue weighted by Crippen LogP contribution is -2.17. The summed E-state index contributed by atoms with van der Waals surface area (Å²) in [4.78, 5) is 17.9. The van der Waals surface area contributed by atoms with Crippen LogP contribution in [0.4, 0.5) is 4.39 Å². The Labute approximate surface area is 129 Å². The van der Waals surface area contributed by atoms with Gasteiger partial charge in [-0.05, 0) is 48.1 Å². The molecule has 0 aliphatic rings. The number of benzene rings is 2. The van der Waals surface area contributed by atoms with Crippen molar-refractivity contribution in [3.63, 3.8) is 0 Å². The second kappa shape index (κ2) is 5.90. The van der Waals surface area contributed by atoms with Crippen LogP contribution in [0.2, 0.25) is 0 Å². The molecule has 1 aromatic heterocycles. The van der Waals surface area contributed by atoms with Crippen molar-refractivity contribution < 1.29 is 9.18 Å². The van der Waals surface area contributed by atoms with Crippen LogP contribution < -0.4 is 5.43 Å². The molecule has 0 fully saturated rings. The van der Waals surface area contributed by atoms with Crippen LogP contribution in [-0.2, 0) is 0 Å². The third kappa shape index (κ3) is 3.09. The van der Waals surface area contributed by atoms with Gasteiger partial charge in [-0.15, -0.1) is 0 Å². The molecule has 0 radical (unpaired) electrons. The second-order valence-corrected chi connectivity index (χ2v) is 5.00. The van der Waals surface area contributed by atoms with Gasteiger partial charge in [-0.2, -0.15) is 5.10 Å². The summed E-state index contributed by atoms with van der Waals surface area (Å²) in [5.41, 5.74) is 4.96. The number of imidazole rings is 1. The van der Waals surface area contributed by atoms with Crippen LogP contribution in [0.25, 0.3) is 11.0 Å². The third-order valence-electron chi connectivity index (χ3n) is 3.01. The zero-order chi connectivity index (χ0) is 15.5. The number of halogens is 1. The third-order valence-corrected chi connectivity index (χ3v) is 3.21. The Morgan fingerprint density at radius 1 is 1.18 bits per heavy atom. The number of hydrogen-bond donors (Lipinski definition) is 3. The Kier molecular flexibility index (Phi) is 3.80. The zero-order valence-electron chi connectivity index (χ0n) is 11.3. The van der Waals surface area contributed by atoms with Gasteiger partial charge in [0.05, 0.1) is 17.2 Å². The van der Waals surface area contributed by atoms with Crippen LogP contribution in [0.1, 0.15) is 15.9 Å². The first-order chi connectivity index (χ1) is 10.6. The van der Waals surface area contributed by atoms with Crippen molar-refractivity contribution in [3.8, 4) is 0 Å². The lowest BCUT2D eigenvalue weighted by molar-refractivity contribution is 0.0955. The molecule has 110 valence electrons. The first kappa shape index (κ1) is 14.2. The highest BCUT2D eigenvalue weighted by atomic mass is 32.1. The van der Waals surface area contributed by atoms with Crippen LogP contribution in [0.15, 0.2) is 47.6 Å². The van der Waals surface area contributed by atoms with Crippen molar-refractivity contribution in [3.05, 3.63) is 64.2 Å². The standard InChI is InChI=1S/C15H11FN4OS/c16-11-3-1-2-9(6-11)8-17-20-14(21)10-4-5-12-13(7-10)19-15(22)18-12/h1-8H,(H,20,21)(H2,18,19,22)/b17-8-. The van der Waals surface area contributed by atoms with E-state index in [0.717, 1.165) is 11.0 Å². The second-order valence-electron chi connectivity index (χ2n) is 4.59. The van der Waals surface area contributed by atoms with Gasteiger partial charge in [0.1, 0.15) is 5.82 Å². The number of nitrogens with zero attached hydrogens (tertiary/aromatic N) is 1. The Hall–Kier alpha value is -2.80. The number of rotatable bonds is 3. The minimum absolute atomic E-state index is 0.358. The first-order valence-electron chi connectivity index (χ1n) is 6.43. The number of fused-ring (bicyclic) bond motifs is 1. The van der Waals surface area contributed by atoms with E-state index in [0.29, 0.717) is 15.9 Å². The van der Waals surface area contributed by atoms with Crippen LogP contribution in [0, 0.1) is 10.6 Å². The summed E-state index contributed by atoms with van der Waals surface area (Å²) in [6.45, 7) is 0. The Morgan fingerprint density at radius 3 is 2.82 bits per heavy atom. The molecule has 0 aliphatic carbocycles. The minimum Gasteiger partial charge on any atom is -0.331 e. The largest absolute Gasteiger partial charge is 0.331 e. The molecule has 0 atom stereocenters. The van der Waals surface area contributed by atoms with Crippen LogP contribution >= 0.6 is 12.2 Å². The molecule has 0 spiro atoms. The Morgan fingerprint density at radius 2 is 2.00 bits per heavy atom. The summed E-state index contributed by atoms with van der Waals surface area (Å²) in [6.07, 6.45) is 1.38. The van der Waals surface area contributed by atoms with Crippen molar-refractivity contribution in [1.82, 2.24) is 15.4 Å². The van der Waals surface area contributed by atoms with E-state index in [9.17, 15) is 9.18 Å². The molecular weight excluding hydrogens is 303 g/mol. The van der Waals surface area contributed by atoms with E-state index >= 15 is 0 Å². The first-order valence-corrected chi connectivity index (χ1v) is 6.84. The van der Waals surface area contributed by atoms with Crippen molar-refractivity contribution in [2.24, 2.45) is 5.10 Å². The van der Waals surface area contributed by atoms with Crippen LogP contribution in [0.3, 0.4) is 0 Å². The molecule has 3 aromatic rings. The van der Waals surface area contributed by atoms with Gasteiger partial charge in [-0.25, -0.2) is 9.82 Å². The fraction of sp³-hybridized carbons (Fsp3) is 0. The van der Waals surface area contributed by atoms with Crippen LogP contribution in [0.5, 0.6) is 0 Å². The number of H-pyrrole nitrogens is 2. The number of hydrazone groups is 1. The molecule has 0 unspecified atom stereocenters. The Balaban J connectivity index is 1.74. The number of amides is 1. The summed E-state index contributed by atoms with van der Waals surface area (Å²) in [5, 5.41) is 3.81. The van der Waals surface area contributed by atoms with Crippen LogP contribution in [-0.4, -0.2) is 22.1 Å². The van der Waals surface area contributed by atoms with Gasteiger partial charge < -0.3 is 9.97 Å². The number of carbonyl (C=O) groups excluding carboxylic acids is 1. The van der Waals surface area contributed by atoms with Gasteiger partial charge >= 0.3 is 0 Å². The highest BCUT2D eigenvalue weighted by Gasteiger charge is 2.06. The molecular formula is C15H11FN4OS. The van der Waals surface area contributed by atoms with E-state index in [4.69, 9.17) is 12.2 Å². The van der Waals surface area contributed by atoms with Gasteiger partial charge in [-0.3, -0.25) is 4.79 Å². The topological polar surface area (TPSA) is 73.0 Å². The van der Waals surface area contributed by atoms with Gasteiger partial charge in [0.2, 0.25) is 0 Å². The molecule has 0 bridgehead atoms. The minimum atomic E-state index is -0.366. The smallest absolute Gasteiger partial charge is 0.271 e. The fourth-order valence-electron chi connectivity index (χ4n) is 1.99. The number of nitrogens with one attached hydrogen (secondary N) is 3. The predicted molar refractivity (Wildman–Crippen MR) is 84.9 cm³/mol. The summed E-state index contributed by atoms with van der Waals surface area (Å²) in [6, 6.07) is 11.0. The van der Waals surface area contributed by atoms with Gasteiger partial charge in [0.15, 0.2) is 4.77 Å². The predicted octanol–water partition coefficient (Wildman–Crippen LogP) is 3.13. The summed E-state index contributed by atoms with van der Waals surface area (Å²) >= 11 is 4.99. The Bertz CT molecular complexity index is 928. The number of aromatic amines is 2. The van der Waals surface area contributed by atoms with Crippen molar-refractivity contribution in [2.75, 3.05) is 0 Å². The lowest BCUT2D eigenvalue weighted by atomic mass is 10.2. The van der Waals surface area contributed by atoms with Gasteiger partial charge in [0.25, 0.3) is 5.91 Å². The number of aromatic nitrogens is 2. The van der Waals surface area contributed by atoms with Crippen molar-refractivity contribution in [1.29, 1.82) is 0 Å². The highest BCUT2D eigenvalue weighted by molar-refractivity contribution is 7.71. The number of hydrogen-bond acceptors (Lipinski definition) is 3. The van der Waals surface area contributed by atoms with Gasteiger partial charge in [0, 0.05) is 5.56 Å². The number of carbonyl (C=O) groups is 1. The molecule has 0 aliphatic heterocycles. The normalized spacial score (nSPS) is 11.1. The molecule has 0 saturated heterocycles. The van der Waals surface area contributed by atoms with E-state index in [1.807, 2.05) is 0 Å². The SMILES string of the molecule is O=C(N/N=C\c1cccc(F)c1)c1ccc2[nH]c(=S)[nH]c2c1. The monoisotopic (exact) mass is 314 g/mol. The van der Waals surface area contributed by atoms with E-state index < -0.39 is 0 Å². The summed E-state index contributed by atoms with van der Waals surface area (Å²) in [5.74, 6) is -0.724. The van der Waals surface area contributed by atoms with Crippen molar-refractivity contribution in [2.45, 2.75) is 0 Å². The molecule has 1 heterocycles. The average Bonchev–Trinajstić information content (AvgIpc) is 2.86. The molecule has 3 rings (SSSR count). The maximum atomic E-state index is 13.0. The van der Waals surface area contributed by atoms with E-state index in [-0.39, 0.29) is 11.7 Å². The quantitative estimate of drug-likeness (QED) is 0.395. The maximum Gasteiger partial charge on any atom is 0.271 e. The molecule has 0 saturated carbocycles. The molecule has 22 heavy (non-hydrogen) atoms. The average molecular weight is 314 g/mol.